The second-order valence-electron chi connectivity index (χ2n) is 5.53. The van der Waals surface area contributed by atoms with E-state index in [1.54, 1.807) is 0 Å². The molecule has 15 heavy (non-hydrogen) atoms. The topological polar surface area (TPSA) is 26.3 Å². The summed E-state index contributed by atoms with van der Waals surface area (Å²) in [6.45, 7) is 10.8. The van der Waals surface area contributed by atoms with Crippen molar-refractivity contribution in [3.05, 3.63) is 12.2 Å². The van der Waals surface area contributed by atoms with Crippen LogP contribution in [-0.4, -0.2) is 13.1 Å². The van der Waals surface area contributed by atoms with Gasteiger partial charge in [0.2, 0.25) is 0 Å². The first-order valence-electron chi connectivity index (χ1n) is 5.58. The van der Waals surface area contributed by atoms with Crippen molar-refractivity contribution in [1.82, 2.24) is 0 Å². The zero-order valence-electron chi connectivity index (χ0n) is 10.4. The van der Waals surface area contributed by atoms with Crippen LogP contribution in [0.25, 0.3) is 0 Å². The van der Waals surface area contributed by atoms with Gasteiger partial charge in [0.1, 0.15) is 0 Å². The standard InChI is InChI=1S/C13H22O2/c1-10-12(2,3)7-6-8-13(10,4)9-11(14)15-5/h1,6-9H2,2-5H3/t13-/m1/s1. The van der Waals surface area contributed by atoms with Gasteiger partial charge in [0.05, 0.1) is 13.5 Å². The fourth-order valence-corrected chi connectivity index (χ4v) is 2.63. The fourth-order valence-electron chi connectivity index (χ4n) is 2.63. The van der Waals surface area contributed by atoms with Crippen LogP contribution in [0.2, 0.25) is 0 Å². The Bertz CT molecular complexity index is 278. The molecule has 0 aromatic rings. The number of rotatable bonds is 2. The maximum absolute atomic E-state index is 11.4. The second kappa shape index (κ2) is 3.99. The number of carbonyl (C=O) groups excluding carboxylic acids is 1. The van der Waals surface area contributed by atoms with Crippen LogP contribution >= 0.6 is 0 Å². The van der Waals surface area contributed by atoms with E-state index in [4.69, 9.17) is 4.74 Å². The Kier molecular flexibility index (Phi) is 3.27. The van der Waals surface area contributed by atoms with Crippen LogP contribution < -0.4 is 0 Å². The number of allylic oxidation sites excluding steroid dienone is 1. The van der Waals surface area contributed by atoms with E-state index >= 15 is 0 Å². The molecular weight excluding hydrogens is 188 g/mol. The van der Waals surface area contributed by atoms with E-state index in [0.29, 0.717) is 6.42 Å². The summed E-state index contributed by atoms with van der Waals surface area (Å²) in [6.07, 6.45) is 3.85. The lowest BCUT2D eigenvalue weighted by atomic mass is 9.60. The fraction of sp³-hybridized carbons (Fsp3) is 0.769. The SMILES string of the molecule is C=C1C(C)(C)CCC[C@]1(C)CC(=O)OC. The van der Waals surface area contributed by atoms with Gasteiger partial charge in [0.25, 0.3) is 0 Å². The van der Waals surface area contributed by atoms with Crippen LogP contribution in [0.1, 0.15) is 46.5 Å². The van der Waals surface area contributed by atoms with Crippen LogP contribution in [0.5, 0.6) is 0 Å². The number of carbonyl (C=O) groups is 1. The molecule has 0 bridgehead atoms. The highest BCUT2D eigenvalue weighted by Crippen LogP contribution is 2.51. The Morgan fingerprint density at radius 2 is 2.00 bits per heavy atom. The molecule has 1 saturated carbocycles. The molecule has 0 N–H and O–H groups in total. The first-order valence-corrected chi connectivity index (χ1v) is 5.58. The average Bonchev–Trinajstić information content (AvgIpc) is 2.14. The Balaban J connectivity index is 2.83. The average molecular weight is 210 g/mol. The largest absolute Gasteiger partial charge is 0.469 e. The molecule has 0 aromatic carbocycles. The Hall–Kier alpha value is -0.790. The molecule has 0 unspecified atom stereocenters. The molecule has 2 nitrogen and oxygen atoms in total. The van der Waals surface area contributed by atoms with E-state index in [-0.39, 0.29) is 16.8 Å². The summed E-state index contributed by atoms with van der Waals surface area (Å²) in [6, 6.07) is 0. The molecule has 2 heteroatoms. The van der Waals surface area contributed by atoms with Gasteiger partial charge >= 0.3 is 5.97 Å². The van der Waals surface area contributed by atoms with Crippen LogP contribution in [0.15, 0.2) is 12.2 Å². The molecule has 1 fully saturated rings. The molecule has 1 atom stereocenters. The molecule has 0 heterocycles. The van der Waals surface area contributed by atoms with Crippen molar-refractivity contribution in [2.45, 2.75) is 46.5 Å². The van der Waals surface area contributed by atoms with Gasteiger partial charge in [-0.15, -0.1) is 0 Å². The third-order valence-electron chi connectivity index (χ3n) is 3.84. The third-order valence-corrected chi connectivity index (χ3v) is 3.84. The minimum absolute atomic E-state index is 0.0746. The Morgan fingerprint density at radius 3 is 2.53 bits per heavy atom. The van der Waals surface area contributed by atoms with Crippen LogP contribution in [0.3, 0.4) is 0 Å². The molecule has 1 aliphatic rings. The van der Waals surface area contributed by atoms with Gasteiger partial charge in [-0.2, -0.15) is 0 Å². The van der Waals surface area contributed by atoms with E-state index in [9.17, 15) is 4.79 Å². The zero-order chi connectivity index (χ0) is 11.7. The third kappa shape index (κ3) is 2.42. The van der Waals surface area contributed by atoms with Crippen LogP contribution in [0, 0.1) is 10.8 Å². The van der Waals surface area contributed by atoms with Crippen molar-refractivity contribution in [1.29, 1.82) is 0 Å². The second-order valence-corrected chi connectivity index (χ2v) is 5.53. The summed E-state index contributed by atoms with van der Waals surface area (Å²) in [4.78, 5) is 11.4. The van der Waals surface area contributed by atoms with Crippen molar-refractivity contribution < 1.29 is 9.53 Å². The molecule has 0 spiro atoms. The number of methoxy groups -OCH3 is 1. The first kappa shape index (κ1) is 12.3. The van der Waals surface area contributed by atoms with E-state index < -0.39 is 0 Å². The predicted octanol–water partition coefficient (Wildman–Crippen LogP) is 3.32. The number of ether oxygens (including phenoxy) is 1. The summed E-state index contributed by atoms with van der Waals surface area (Å²) in [5, 5.41) is 0. The van der Waals surface area contributed by atoms with Crippen molar-refractivity contribution >= 4 is 5.97 Å². The Morgan fingerprint density at radius 1 is 1.40 bits per heavy atom. The Labute approximate surface area is 92.7 Å². The zero-order valence-corrected chi connectivity index (χ0v) is 10.4. The van der Waals surface area contributed by atoms with Crippen LogP contribution in [-0.2, 0) is 9.53 Å². The maximum Gasteiger partial charge on any atom is 0.306 e. The highest BCUT2D eigenvalue weighted by Gasteiger charge is 2.41. The summed E-state index contributed by atoms with van der Waals surface area (Å²) in [5.74, 6) is -0.128. The van der Waals surface area contributed by atoms with Crippen molar-refractivity contribution in [2.24, 2.45) is 10.8 Å². The molecule has 0 aromatic heterocycles. The van der Waals surface area contributed by atoms with E-state index in [1.165, 1.54) is 25.5 Å². The van der Waals surface area contributed by atoms with Gasteiger partial charge < -0.3 is 4.74 Å². The van der Waals surface area contributed by atoms with E-state index in [2.05, 4.69) is 27.4 Å². The van der Waals surface area contributed by atoms with Crippen molar-refractivity contribution in [3.63, 3.8) is 0 Å². The normalized spacial score (nSPS) is 30.0. The van der Waals surface area contributed by atoms with Gasteiger partial charge in [0.15, 0.2) is 0 Å². The number of esters is 1. The lowest BCUT2D eigenvalue weighted by Crippen LogP contribution is -2.35. The van der Waals surface area contributed by atoms with E-state index in [1.807, 2.05) is 0 Å². The molecular formula is C13H22O2. The van der Waals surface area contributed by atoms with Gasteiger partial charge in [0, 0.05) is 0 Å². The lowest BCUT2D eigenvalue weighted by Gasteiger charge is -2.45. The monoisotopic (exact) mass is 210 g/mol. The number of hydrogen-bond acceptors (Lipinski definition) is 2. The molecule has 0 amide bonds. The smallest absolute Gasteiger partial charge is 0.306 e. The molecule has 0 aliphatic heterocycles. The molecule has 1 aliphatic carbocycles. The highest BCUT2D eigenvalue weighted by atomic mass is 16.5. The van der Waals surface area contributed by atoms with Crippen molar-refractivity contribution in [2.75, 3.05) is 7.11 Å². The summed E-state index contributed by atoms with van der Waals surface area (Å²) in [5.41, 5.74) is 1.28. The highest BCUT2D eigenvalue weighted by molar-refractivity contribution is 5.70. The predicted molar refractivity (Wildman–Crippen MR) is 61.5 cm³/mol. The van der Waals surface area contributed by atoms with Gasteiger partial charge in [-0.25, -0.2) is 0 Å². The van der Waals surface area contributed by atoms with Crippen LogP contribution in [0.4, 0.5) is 0 Å². The number of hydrogen-bond donors (Lipinski definition) is 0. The molecule has 1 rings (SSSR count). The first-order chi connectivity index (χ1) is 6.82. The minimum Gasteiger partial charge on any atom is -0.469 e. The van der Waals surface area contributed by atoms with Gasteiger partial charge in [-0.1, -0.05) is 39.3 Å². The summed E-state index contributed by atoms with van der Waals surface area (Å²) < 4.78 is 4.75. The maximum atomic E-state index is 11.4. The summed E-state index contributed by atoms with van der Waals surface area (Å²) >= 11 is 0. The van der Waals surface area contributed by atoms with E-state index in [0.717, 1.165) is 6.42 Å². The van der Waals surface area contributed by atoms with Crippen molar-refractivity contribution in [3.8, 4) is 0 Å². The molecule has 0 radical (unpaired) electrons. The summed E-state index contributed by atoms with van der Waals surface area (Å²) in [7, 11) is 1.45. The molecule has 86 valence electrons. The molecule has 0 saturated heterocycles. The van der Waals surface area contributed by atoms with Gasteiger partial charge in [-0.3, -0.25) is 4.79 Å². The quantitative estimate of drug-likeness (QED) is 0.516. The lowest BCUT2D eigenvalue weighted by molar-refractivity contribution is -0.143. The van der Waals surface area contributed by atoms with Gasteiger partial charge in [-0.05, 0) is 23.7 Å². The minimum atomic E-state index is -0.128.